The molecule has 0 aromatic carbocycles. The zero-order valence-corrected chi connectivity index (χ0v) is 12.7. The summed E-state index contributed by atoms with van der Waals surface area (Å²) in [6, 6.07) is 5.63. The Balaban J connectivity index is 2.08. The molecule has 0 atom stereocenters. The van der Waals surface area contributed by atoms with Crippen molar-refractivity contribution < 1.29 is 8.42 Å². The van der Waals surface area contributed by atoms with E-state index in [1.54, 1.807) is 17.5 Å². The molecule has 0 N–H and O–H groups in total. The molecule has 1 aliphatic rings. The summed E-state index contributed by atoms with van der Waals surface area (Å²) in [7, 11) is -3.35. The molecule has 0 radical (unpaired) electrons. The Labute approximate surface area is 118 Å². The third kappa shape index (κ3) is 2.82. The van der Waals surface area contributed by atoms with Gasteiger partial charge in [0.25, 0.3) is 10.0 Å². The highest BCUT2D eigenvalue weighted by Gasteiger charge is 2.34. The van der Waals surface area contributed by atoms with Gasteiger partial charge in [-0.2, -0.15) is 9.57 Å². The molecule has 2 heterocycles. The van der Waals surface area contributed by atoms with Crippen molar-refractivity contribution >= 4 is 21.4 Å². The van der Waals surface area contributed by atoms with Crippen LogP contribution in [0.5, 0.6) is 0 Å². The van der Waals surface area contributed by atoms with Crippen molar-refractivity contribution in [3.63, 3.8) is 0 Å². The number of sulfonamides is 1. The number of rotatable bonds is 3. The van der Waals surface area contributed by atoms with Gasteiger partial charge < -0.3 is 0 Å². The molecule has 2 rings (SSSR count). The summed E-state index contributed by atoms with van der Waals surface area (Å²) in [5.74, 6) is 0. The molecule has 0 bridgehead atoms. The molecule has 0 spiro atoms. The fourth-order valence-corrected chi connectivity index (χ4v) is 4.66. The SMILES string of the molecule is CC(C)(C#N)N1CCN(S(=O)(=O)c2cccs2)CC1. The van der Waals surface area contributed by atoms with E-state index < -0.39 is 15.6 Å². The van der Waals surface area contributed by atoms with Gasteiger partial charge >= 0.3 is 0 Å². The lowest BCUT2D eigenvalue weighted by Crippen LogP contribution is -2.55. The molecule has 0 saturated carbocycles. The van der Waals surface area contributed by atoms with E-state index in [1.807, 2.05) is 18.7 Å². The van der Waals surface area contributed by atoms with Gasteiger partial charge in [-0.15, -0.1) is 11.3 Å². The molecule has 1 fully saturated rings. The molecule has 5 nitrogen and oxygen atoms in total. The van der Waals surface area contributed by atoms with Gasteiger partial charge in [0, 0.05) is 26.2 Å². The molecule has 0 unspecified atom stereocenters. The van der Waals surface area contributed by atoms with E-state index in [0.29, 0.717) is 30.4 Å². The van der Waals surface area contributed by atoms with Gasteiger partial charge in [-0.3, -0.25) is 4.90 Å². The maximum atomic E-state index is 12.3. The Morgan fingerprint density at radius 1 is 1.32 bits per heavy atom. The Kier molecular flexibility index (Phi) is 3.97. The van der Waals surface area contributed by atoms with E-state index in [1.165, 1.54) is 15.6 Å². The summed E-state index contributed by atoms with van der Waals surface area (Å²) < 4.78 is 26.5. The molecule has 0 aliphatic carbocycles. The predicted octanol–water partition coefficient (Wildman–Crippen LogP) is 1.36. The zero-order chi connectivity index (χ0) is 14.1. The first kappa shape index (κ1) is 14.5. The fraction of sp³-hybridized carbons (Fsp3) is 0.583. The van der Waals surface area contributed by atoms with Crippen LogP contribution in [0, 0.1) is 11.3 Å². The topological polar surface area (TPSA) is 64.4 Å². The van der Waals surface area contributed by atoms with Crippen molar-refractivity contribution in [1.82, 2.24) is 9.21 Å². The standard InChI is InChI=1S/C12H17N3O2S2/c1-12(2,10-13)14-5-7-15(8-6-14)19(16,17)11-4-3-9-18-11/h3-4,9H,5-8H2,1-2H3. The summed E-state index contributed by atoms with van der Waals surface area (Å²) in [6.07, 6.45) is 0. The lowest BCUT2D eigenvalue weighted by Gasteiger charge is -2.39. The van der Waals surface area contributed by atoms with Crippen LogP contribution in [0.4, 0.5) is 0 Å². The largest absolute Gasteiger partial charge is 0.283 e. The van der Waals surface area contributed by atoms with Crippen molar-refractivity contribution in [2.24, 2.45) is 0 Å². The number of thiophene rings is 1. The summed E-state index contributed by atoms with van der Waals surface area (Å²) >= 11 is 1.24. The molecule has 1 saturated heterocycles. The van der Waals surface area contributed by atoms with Gasteiger partial charge in [0.1, 0.15) is 9.75 Å². The molecule has 1 aromatic rings. The minimum atomic E-state index is -3.35. The molecule has 7 heteroatoms. The van der Waals surface area contributed by atoms with Crippen molar-refractivity contribution in [2.45, 2.75) is 23.6 Å². The summed E-state index contributed by atoms with van der Waals surface area (Å²) in [5.41, 5.74) is -0.543. The Hall–Kier alpha value is -0.940. The molecular weight excluding hydrogens is 282 g/mol. The van der Waals surface area contributed by atoms with Gasteiger partial charge in [-0.05, 0) is 25.3 Å². The maximum absolute atomic E-state index is 12.3. The van der Waals surface area contributed by atoms with Gasteiger partial charge in [0.2, 0.25) is 0 Å². The van der Waals surface area contributed by atoms with Crippen LogP contribution in [0.15, 0.2) is 21.7 Å². The highest BCUT2D eigenvalue weighted by molar-refractivity contribution is 7.91. The number of nitrogens with zero attached hydrogens (tertiary/aromatic N) is 3. The molecule has 0 amide bonds. The monoisotopic (exact) mass is 299 g/mol. The Bertz CT molecular complexity index is 565. The lowest BCUT2D eigenvalue weighted by atomic mass is 10.0. The van der Waals surface area contributed by atoms with E-state index in [0.717, 1.165) is 0 Å². The van der Waals surface area contributed by atoms with Crippen LogP contribution < -0.4 is 0 Å². The van der Waals surface area contributed by atoms with E-state index >= 15 is 0 Å². The minimum absolute atomic E-state index is 0.389. The third-order valence-corrected chi connectivity index (χ3v) is 6.66. The van der Waals surface area contributed by atoms with Gasteiger partial charge in [0.15, 0.2) is 0 Å². The number of hydrogen-bond donors (Lipinski definition) is 0. The van der Waals surface area contributed by atoms with Crippen LogP contribution in [-0.2, 0) is 10.0 Å². The van der Waals surface area contributed by atoms with Crippen LogP contribution in [0.2, 0.25) is 0 Å². The lowest BCUT2D eigenvalue weighted by molar-refractivity contribution is 0.115. The van der Waals surface area contributed by atoms with Crippen LogP contribution in [0.1, 0.15) is 13.8 Å². The average Bonchev–Trinajstić information content (AvgIpc) is 2.93. The molecular formula is C12H17N3O2S2. The molecule has 104 valence electrons. The van der Waals surface area contributed by atoms with Crippen LogP contribution in [0.3, 0.4) is 0 Å². The second-order valence-electron chi connectivity index (χ2n) is 4.99. The normalized spacial score (nSPS) is 19.2. The van der Waals surface area contributed by atoms with E-state index in [2.05, 4.69) is 6.07 Å². The maximum Gasteiger partial charge on any atom is 0.252 e. The first-order chi connectivity index (χ1) is 8.88. The van der Waals surface area contributed by atoms with Crippen LogP contribution in [0.25, 0.3) is 0 Å². The Morgan fingerprint density at radius 2 is 1.95 bits per heavy atom. The first-order valence-corrected chi connectivity index (χ1v) is 8.40. The molecule has 1 aromatic heterocycles. The summed E-state index contributed by atoms with van der Waals surface area (Å²) in [5, 5.41) is 10.9. The van der Waals surface area contributed by atoms with Crippen molar-refractivity contribution in [1.29, 1.82) is 5.26 Å². The smallest absolute Gasteiger partial charge is 0.252 e. The minimum Gasteiger partial charge on any atom is -0.283 e. The van der Waals surface area contributed by atoms with E-state index in [-0.39, 0.29) is 0 Å². The van der Waals surface area contributed by atoms with Gasteiger partial charge in [-0.25, -0.2) is 8.42 Å². The third-order valence-electron chi connectivity index (χ3n) is 3.39. The predicted molar refractivity (Wildman–Crippen MR) is 74.3 cm³/mol. The summed E-state index contributed by atoms with van der Waals surface area (Å²) in [6.45, 7) is 5.76. The first-order valence-electron chi connectivity index (χ1n) is 6.08. The molecule has 1 aliphatic heterocycles. The number of piperazine rings is 1. The van der Waals surface area contributed by atoms with Crippen molar-refractivity contribution in [3.05, 3.63) is 17.5 Å². The fourth-order valence-electron chi connectivity index (χ4n) is 2.10. The van der Waals surface area contributed by atoms with Crippen LogP contribution in [-0.4, -0.2) is 49.3 Å². The number of hydrogen-bond acceptors (Lipinski definition) is 5. The molecule has 19 heavy (non-hydrogen) atoms. The summed E-state index contributed by atoms with van der Waals surface area (Å²) in [4.78, 5) is 2.02. The quantitative estimate of drug-likeness (QED) is 0.845. The van der Waals surface area contributed by atoms with Crippen LogP contribution >= 0.6 is 11.3 Å². The van der Waals surface area contributed by atoms with E-state index in [4.69, 9.17) is 5.26 Å². The van der Waals surface area contributed by atoms with Crippen molar-refractivity contribution in [3.8, 4) is 6.07 Å². The zero-order valence-electron chi connectivity index (χ0n) is 11.0. The Morgan fingerprint density at radius 3 is 2.42 bits per heavy atom. The highest BCUT2D eigenvalue weighted by Crippen LogP contribution is 2.23. The second kappa shape index (κ2) is 5.21. The van der Waals surface area contributed by atoms with Gasteiger partial charge in [0.05, 0.1) is 6.07 Å². The average molecular weight is 299 g/mol. The van der Waals surface area contributed by atoms with Crippen molar-refractivity contribution in [2.75, 3.05) is 26.2 Å². The second-order valence-corrected chi connectivity index (χ2v) is 8.11. The number of nitriles is 1. The highest BCUT2D eigenvalue weighted by atomic mass is 32.2. The van der Waals surface area contributed by atoms with E-state index in [9.17, 15) is 8.42 Å². The van der Waals surface area contributed by atoms with Gasteiger partial charge in [-0.1, -0.05) is 6.07 Å².